The Labute approximate surface area is 186 Å². The second-order valence-electron chi connectivity index (χ2n) is 8.36. The third-order valence-corrected chi connectivity index (χ3v) is 6.09. The predicted molar refractivity (Wildman–Crippen MR) is 125 cm³/mol. The number of fused-ring (bicyclic) bond motifs is 3. The molecule has 31 heavy (non-hydrogen) atoms. The maximum absolute atomic E-state index is 12.3. The van der Waals surface area contributed by atoms with Crippen LogP contribution in [0.1, 0.15) is 74.8 Å². The number of hydrogen-bond acceptors (Lipinski definition) is 4. The highest BCUT2D eigenvalue weighted by Gasteiger charge is 2.28. The molecule has 4 heteroatoms. The number of carbonyl (C=O) groups excluding carboxylic acids is 2. The molecule has 3 rings (SSSR count). The van der Waals surface area contributed by atoms with E-state index in [4.69, 9.17) is 4.74 Å². The van der Waals surface area contributed by atoms with Crippen LogP contribution in [0.4, 0.5) is 0 Å². The number of aldehydes is 1. The number of carbonyl (C=O) groups is 2. The van der Waals surface area contributed by atoms with Gasteiger partial charge in [-0.05, 0) is 41.6 Å². The van der Waals surface area contributed by atoms with Crippen molar-refractivity contribution in [2.24, 2.45) is 0 Å². The highest BCUT2D eigenvalue weighted by molar-refractivity contribution is 5.79. The number of hydrogen-bond donors (Lipinski definition) is 1. The number of esters is 1. The molecule has 0 aliphatic heterocycles. The summed E-state index contributed by atoms with van der Waals surface area (Å²) in [4.78, 5) is 22.5. The molecular formula is C27H35NO3. The molecule has 0 saturated heterocycles. The Kier molecular flexibility index (Phi) is 9.78. The molecule has 0 amide bonds. The van der Waals surface area contributed by atoms with Gasteiger partial charge in [-0.25, -0.2) is 0 Å². The van der Waals surface area contributed by atoms with E-state index in [2.05, 4.69) is 53.8 Å². The summed E-state index contributed by atoms with van der Waals surface area (Å²) in [5.41, 5.74) is 5.04. The molecule has 0 unspecified atom stereocenters. The Bertz CT molecular complexity index is 787. The molecule has 1 N–H and O–H groups in total. The van der Waals surface area contributed by atoms with E-state index in [1.807, 2.05) is 0 Å². The zero-order valence-corrected chi connectivity index (χ0v) is 18.5. The molecular weight excluding hydrogens is 386 g/mol. The summed E-state index contributed by atoms with van der Waals surface area (Å²) in [6, 6.07) is 16.9. The third-order valence-electron chi connectivity index (χ3n) is 6.09. The van der Waals surface area contributed by atoms with Crippen LogP contribution >= 0.6 is 0 Å². The quantitative estimate of drug-likeness (QED) is 0.230. The lowest BCUT2D eigenvalue weighted by molar-refractivity contribution is -0.144. The van der Waals surface area contributed by atoms with Crippen LogP contribution < -0.4 is 5.32 Å². The Hall–Kier alpha value is -2.46. The molecule has 0 spiro atoms. The van der Waals surface area contributed by atoms with Crippen molar-refractivity contribution in [1.29, 1.82) is 0 Å². The molecule has 0 saturated carbocycles. The summed E-state index contributed by atoms with van der Waals surface area (Å²) in [6.07, 6.45) is 10.7. The van der Waals surface area contributed by atoms with E-state index >= 15 is 0 Å². The van der Waals surface area contributed by atoms with Crippen molar-refractivity contribution in [1.82, 2.24) is 5.32 Å². The van der Waals surface area contributed by atoms with Gasteiger partial charge in [0.25, 0.3) is 0 Å². The van der Waals surface area contributed by atoms with E-state index in [1.54, 1.807) is 0 Å². The lowest BCUT2D eigenvalue weighted by Gasteiger charge is -2.14. The van der Waals surface area contributed by atoms with Crippen LogP contribution in [0.2, 0.25) is 0 Å². The highest BCUT2D eigenvalue weighted by atomic mass is 16.5. The summed E-state index contributed by atoms with van der Waals surface area (Å²) in [5.74, 6) is 0.0645. The molecule has 0 heterocycles. The van der Waals surface area contributed by atoms with Crippen molar-refractivity contribution >= 4 is 12.3 Å². The number of unbranched alkanes of at least 4 members (excludes halogenated alkanes) is 7. The number of rotatable bonds is 15. The number of nitrogens with one attached hydrogen (secondary N) is 1. The lowest BCUT2D eigenvalue weighted by Crippen LogP contribution is -2.17. The molecule has 1 aliphatic rings. The van der Waals surface area contributed by atoms with Gasteiger partial charge in [0.15, 0.2) is 0 Å². The summed E-state index contributed by atoms with van der Waals surface area (Å²) in [5, 5.41) is 3.09. The van der Waals surface area contributed by atoms with Crippen LogP contribution in [0.3, 0.4) is 0 Å². The largest absolute Gasteiger partial charge is 0.465 e. The van der Waals surface area contributed by atoms with Gasteiger partial charge >= 0.3 is 5.97 Å². The van der Waals surface area contributed by atoms with Gasteiger partial charge in [0, 0.05) is 12.3 Å². The fraction of sp³-hybridized carbons (Fsp3) is 0.481. The molecule has 2 aromatic rings. The van der Waals surface area contributed by atoms with E-state index in [9.17, 15) is 9.59 Å². The predicted octanol–water partition coefficient (Wildman–Crippen LogP) is 5.64. The summed E-state index contributed by atoms with van der Waals surface area (Å²) in [6.45, 7) is 1.82. The fourth-order valence-corrected chi connectivity index (χ4v) is 4.43. The van der Waals surface area contributed by atoms with Gasteiger partial charge in [-0.2, -0.15) is 0 Å². The molecule has 0 bridgehead atoms. The molecule has 166 valence electrons. The lowest BCUT2D eigenvalue weighted by atomic mass is 9.98. The van der Waals surface area contributed by atoms with Crippen molar-refractivity contribution in [3.8, 4) is 11.1 Å². The Morgan fingerprint density at radius 2 is 1.35 bits per heavy atom. The minimum absolute atomic E-state index is 0.0790. The van der Waals surface area contributed by atoms with Gasteiger partial charge in [-0.3, -0.25) is 4.79 Å². The number of benzene rings is 2. The van der Waals surface area contributed by atoms with Crippen molar-refractivity contribution < 1.29 is 14.3 Å². The third kappa shape index (κ3) is 7.03. The molecule has 2 aromatic carbocycles. The van der Waals surface area contributed by atoms with Gasteiger partial charge < -0.3 is 14.8 Å². The van der Waals surface area contributed by atoms with Gasteiger partial charge in [-0.15, -0.1) is 0 Å². The van der Waals surface area contributed by atoms with Crippen molar-refractivity contribution in [2.75, 3.05) is 19.7 Å². The molecule has 0 fully saturated rings. The zero-order valence-electron chi connectivity index (χ0n) is 18.5. The van der Waals surface area contributed by atoms with E-state index < -0.39 is 0 Å². The average Bonchev–Trinajstić information content (AvgIpc) is 3.12. The van der Waals surface area contributed by atoms with E-state index in [1.165, 1.54) is 54.4 Å². The highest BCUT2D eigenvalue weighted by Crippen LogP contribution is 2.44. The van der Waals surface area contributed by atoms with Crippen LogP contribution in [0, 0.1) is 0 Å². The first-order chi connectivity index (χ1) is 15.3. The zero-order chi connectivity index (χ0) is 21.7. The second-order valence-corrected chi connectivity index (χ2v) is 8.36. The molecule has 0 atom stereocenters. The van der Waals surface area contributed by atoms with E-state index in [-0.39, 0.29) is 11.9 Å². The molecule has 0 radical (unpaired) electrons. The smallest absolute Gasteiger partial charge is 0.305 e. The van der Waals surface area contributed by atoms with Crippen LogP contribution in [0.15, 0.2) is 48.5 Å². The summed E-state index contributed by atoms with van der Waals surface area (Å²) >= 11 is 0. The Morgan fingerprint density at radius 3 is 1.97 bits per heavy atom. The van der Waals surface area contributed by atoms with Crippen molar-refractivity contribution in [3.05, 3.63) is 59.7 Å². The average molecular weight is 422 g/mol. The minimum atomic E-state index is -0.0790. The van der Waals surface area contributed by atoms with E-state index in [0.29, 0.717) is 19.6 Å². The maximum Gasteiger partial charge on any atom is 0.305 e. The monoisotopic (exact) mass is 421 g/mol. The molecule has 0 aromatic heterocycles. The summed E-state index contributed by atoms with van der Waals surface area (Å²) in [7, 11) is 0. The maximum atomic E-state index is 12.3. The van der Waals surface area contributed by atoms with Gasteiger partial charge in [0.05, 0.1) is 6.54 Å². The second kappa shape index (κ2) is 13.1. The van der Waals surface area contributed by atoms with Gasteiger partial charge in [-0.1, -0.05) is 87.1 Å². The Balaban J connectivity index is 1.27. The topological polar surface area (TPSA) is 55.4 Å². The molecule has 1 aliphatic carbocycles. The SMILES string of the molecule is O=CCNCCCCCCCCCCC(=O)OCC1c2ccccc2-c2ccccc21. The molecule has 4 nitrogen and oxygen atoms in total. The van der Waals surface area contributed by atoms with Crippen molar-refractivity contribution in [3.63, 3.8) is 0 Å². The van der Waals surface area contributed by atoms with Gasteiger partial charge in [0.2, 0.25) is 0 Å². The van der Waals surface area contributed by atoms with Crippen LogP contribution in [-0.2, 0) is 14.3 Å². The minimum Gasteiger partial charge on any atom is -0.465 e. The van der Waals surface area contributed by atoms with Gasteiger partial charge in [0.1, 0.15) is 12.9 Å². The fourth-order valence-electron chi connectivity index (χ4n) is 4.43. The van der Waals surface area contributed by atoms with Crippen LogP contribution in [-0.4, -0.2) is 32.0 Å². The first kappa shape index (κ1) is 23.2. The standard InChI is InChI=1S/C27H35NO3/c29-20-19-28-18-12-6-4-2-1-3-5-7-17-27(30)31-21-26-24-15-10-8-13-22(24)23-14-9-11-16-25(23)26/h8-11,13-16,20,26,28H,1-7,12,17-19,21H2. The normalized spacial score (nSPS) is 12.4. The first-order valence-corrected chi connectivity index (χ1v) is 11.8. The Morgan fingerprint density at radius 1 is 0.806 bits per heavy atom. The number of ether oxygens (including phenoxy) is 1. The summed E-state index contributed by atoms with van der Waals surface area (Å²) < 4.78 is 5.67. The first-order valence-electron chi connectivity index (χ1n) is 11.8. The van der Waals surface area contributed by atoms with E-state index in [0.717, 1.165) is 32.1 Å². The van der Waals surface area contributed by atoms with Crippen molar-refractivity contribution in [2.45, 2.75) is 63.7 Å². The van der Waals surface area contributed by atoms with Crippen LogP contribution in [0.5, 0.6) is 0 Å². The van der Waals surface area contributed by atoms with Crippen LogP contribution in [0.25, 0.3) is 11.1 Å².